The zero-order chi connectivity index (χ0) is 25.1. The van der Waals surface area contributed by atoms with Crippen LogP contribution in [-0.2, 0) is 17.6 Å². The first-order chi connectivity index (χ1) is 15.7. The Kier molecular flexibility index (Phi) is 6.00. The molecule has 0 spiro atoms. The van der Waals surface area contributed by atoms with Gasteiger partial charge in [0.2, 0.25) is 5.91 Å². The molecule has 2 aromatic rings. The number of methoxy groups -OCH3 is 1. The van der Waals surface area contributed by atoms with Gasteiger partial charge in [-0.05, 0) is 79.7 Å². The minimum absolute atomic E-state index is 0.0291. The summed E-state index contributed by atoms with van der Waals surface area (Å²) in [6, 6.07) is 1.91. The molecule has 0 aliphatic carbocycles. The third-order valence-corrected chi connectivity index (χ3v) is 7.05. The molecule has 2 N–H and O–H groups in total. The standard InChI is InChI=1S/C27H38N2O5/c1-15-18(11-21(30)28-16-13-25(2,3)29-26(4,5)14-16)24(31)33-23-17-9-10-27(6,7)34-19(17)12-20(32-8)22(15)23/h12,16,29H,9-11,13-14H2,1-8H3,(H,28,30). The predicted octanol–water partition coefficient (Wildman–Crippen LogP) is 4.18. The zero-order valence-corrected chi connectivity index (χ0v) is 21.7. The number of nitrogens with one attached hydrogen (secondary N) is 2. The minimum atomic E-state index is -0.480. The van der Waals surface area contributed by atoms with Gasteiger partial charge in [0, 0.05) is 28.7 Å². The van der Waals surface area contributed by atoms with Crippen LogP contribution >= 0.6 is 0 Å². The number of hydrogen-bond acceptors (Lipinski definition) is 6. The molecule has 4 rings (SSSR count). The molecule has 0 radical (unpaired) electrons. The second-order valence-electron chi connectivity index (χ2n) is 11.9. The largest absolute Gasteiger partial charge is 0.496 e. The van der Waals surface area contributed by atoms with Crippen molar-refractivity contribution >= 4 is 16.9 Å². The summed E-state index contributed by atoms with van der Waals surface area (Å²) in [6.07, 6.45) is 3.18. The highest BCUT2D eigenvalue weighted by molar-refractivity contribution is 5.93. The number of piperidine rings is 1. The third kappa shape index (κ3) is 4.81. The van der Waals surface area contributed by atoms with E-state index in [0.29, 0.717) is 22.6 Å². The average molecular weight is 471 g/mol. The van der Waals surface area contributed by atoms with Crippen molar-refractivity contribution in [3.05, 3.63) is 33.2 Å². The topological polar surface area (TPSA) is 89.8 Å². The Morgan fingerprint density at radius 1 is 1.18 bits per heavy atom. The highest BCUT2D eigenvalue weighted by atomic mass is 16.5. The third-order valence-electron chi connectivity index (χ3n) is 7.05. The lowest BCUT2D eigenvalue weighted by Gasteiger charge is -2.46. The van der Waals surface area contributed by atoms with Crippen molar-refractivity contribution in [3.63, 3.8) is 0 Å². The fourth-order valence-electron chi connectivity index (χ4n) is 5.91. The summed E-state index contributed by atoms with van der Waals surface area (Å²) in [6.45, 7) is 14.5. The summed E-state index contributed by atoms with van der Waals surface area (Å²) in [5.74, 6) is 1.09. The van der Waals surface area contributed by atoms with E-state index in [9.17, 15) is 9.59 Å². The molecule has 1 aromatic heterocycles. The van der Waals surface area contributed by atoms with Gasteiger partial charge >= 0.3 is 5.63 Å². The molecule has 3 heterocycles. The Hall–Kier alpha value is -2.54. The second-order valence-corrected chi connectivity index (χ2v) is 11.9. The van der Waals surface area contributed by atoms with Crippen LogP contribution in [0, 0.1) is 6.92 Å². The normalized spacial score (nSPS) is 20.9. The van der Waals surface area contributed by atoms with Gasteiger partial charge in [-0.15, -0.1) is 0 Å². The summed E-state index contributed by atoms with van der Waals surface area (Å²) < 4.78 is 17.6. The van der Waals surface area contributed by atoms with Gasteiger partial charge in [-0.1, -0.05) is 0 Å². The predicted molar refractivity (Wildman–Crippen MR) is 133 cm³/mol. The van der Waals surface area contributed by atoms with Gasteiger partial charge in [-0.3, -0.25) is 4.79 Å². The van der Waals surface area contributed by atoms with Crippen LogP contribution in [0.25, 0.3) is 11.0 Å². The number of aryl methyl sites for hydroxylation is 2. The number of ether oxygens (including phenoxy) is 2. The van der Waals surface area contributed by atoms with Crippen molar-refractivity contribution in [1.29, 1.82) is 0 Å². The Balaban J connectivity index is 1.66. The van der Waals surface area contributed by atoms with Crippen LogP contribution in [0.1, 0.15) is 77.5 Å². The molecule has 0 unspecified atom stereocenters. The molecule has 34 heavy (non-hydrogen) atoms. The maximum atomic E-state index is 13.1. The minimum Gasteiger partial charge on any atom is -0.496 e. The van der Waals surface area contributed by atoms with E-state index >= 15 is 0 Å². The van der Waals surface area contributed by atoms with E-state index in [4.69, 9.17) is 13.9 Å². The SMILES string of the molecule is COc1cc2c(c3oc(=O)c(CC(=O)NC4CC(C)(C)NC(C)(C)C4)c(C)c13)CCC(C)(C)O2. The van der Waals surface area contributed by atoms with Crippen molar-refractivity contribution in [3.8, 4) is 11.5 Å². The lowest BCUT2D eigenvalue weighted by Crippen LogP contribution is -2.62. The number of carbonyl (C=O) groups excluding carboxylic acids is 1. The maximum absolute atomic E-state index is 13.1. The monoisotopic (exact) mass is 470 g/mol. The van der Waals surface area contributed by atoms with Gasteiger partial charge in [-0.25, -0.2) is 4.79 Å². The van der Waals surface area contributed by atoms with Crippen LogP contribution in [0.15, 0.2) is 15.3 Å². The summed E-state index contributed by atoms with van der Waals surface area (Å²) in [5, 5.41) is 7.52. The molecule has 186 valence electrons. The van der Waals surface area contributed by atoms with Crippen LogP contribution < -0.4 is 25.7 Å². The van der Waals surface area contributed by atoms with Gasteiger partial charge in [0.05, 0.1) is 24.5 Å². The molecular formula is C27H38N2O5. The van der Waals surface area contributed by atoms with Crippen molar-refractivity contribution in [1.82, 2.24) is 10.6 Å². The second kappa shape index (κ2) is 8.29. The summed E-state index contributed by atoms with van der Waals surface area (Å²) in [4.78, 5) is 26.1. The first-order valence-electron chi connectivity index (χ1n) is 12.1. The molecule has 2 aliphatic rings. The molecule has 1 saturated heterocycles. The molecule has 0 saturated carbocycles. The van der Waals surface area contributed by atoms with Gasteiger partial charge < -0.3 is 24.5 Å². The van der Waals surface area contributed by atoms with Crippen molar-refractivity contribution in [2.75, 3.05) is 7.11 Å². The van der Waals surface area contributed by atoms with E-state index in [-0.39, 0.29) is 35.0 Å². The highest BCUT2D eigenvalue weighted by Gasteiger charge is 2.38. The number of benzene rings is 1. The molecule has 1 aromatic carbocycles. The Labute approximate surface area is 201 Å². The molecule has 7 heteroatoms. The van der Waals surface area contributed by atoms with E-state index in [1.165, 1.54) is 0 Å². The highest BCUT2D eigenvalue weighted by Crippen LogP contribution is 2.43. The van der Waals surface area contributed by atoms with Crippen LogP contribution in [-0.4, -0.2) is 35.7 Å². The molecule has 0 bridgehead atoms. The number of rotatable bonds is 4. The van der Waals surface area contributed by atoms with E-state index in [1.54, 1.807) is 7.11 Å². The fraction of sp³-hybridized carbons (Fsp3) is 0.630. The van der Waals surface area contributed by atoms with Gasteiger partial charge in [0.25, 0.3) is 0 Å². The number of fused-ring (bicyclic) bond motifs is 3. The smallest absolute Gasteiger partial charge is 0.340 e. The maximum Gasteiger partial charge on any atom is 0.340 e. The number of carbonyl (C=O) groups is 1. The van der Waals surface area contributed by atoms with Crippen molar-refractivity contribution in [2.45, 2.75) is 103 Å². The molecule has 1 fully saturated rings. The summed E-state index contributed by atoms with van der Waals surface area (Å²) in [7, 11) is 1.59. The molecule has 1 amide bonds. The molecule has 7 nitrogen and oxygen atoms in total. The molecule has 0 atom stereocenters. The van der Waals surface area contributed by atoms with Crippen molar-refractivity contribution < 1.29 is 18.7 Å². The van der Waals surface area contributed by atoms with Crippen LogP contribution in [0.4, 0.5) is 0 Å². The fourth-order valence-corrected chi connectivity index (χ4v) is 5.91. The zero-order valence-electron chi connectivity index (χ0n) is 21.7. The lowest BCUT2D eigenvalue weighted by molar-refractivity contribution is -0.121. The lowest BCUT2D eigenvalue weighted by atomic mass is 9.79. The van der Waals surface area contributed by atoms with Crippen LogP contribution in [0.3, 0.4) is 0 Å². The number of amides is 1. The van der Waals surface area contributed by atoms with E-state index in [0.717, 1.165) is 42.2 Å². The summed E-state index contributed by atoms with van der Waals surface area (Å²) >= 11 is 0. The van der Waals surface area contributed by atoms with Crippen LogP contribution in [0.2, 0.25) is 0 Å². The van der Waals surface area contributed by atoms with Gasteiger partial charge in [0.15, 0.2) is 0 Å². The van der Waals surface area contributed by atoms with Crippen molar-refractivity contribution in [2.24, 2.45) is 0 Å². The quantitative estimate of drug-likeness (QED) is 0.652. The number of hydrogen-bond donors (Lipinski definition) is 2. The van der Waals surface area contributed by atoms with Gasteiger partial charge in [-0.2, -0.15) is 0 Å². The van der Waals surface area contributed by atoms with Gasteiger partial charge in [0.1, 0.15) is 22.7 Å². The first-order valence-corrected chi connectivity index (χ1v) is 12.1. The van der Waals surface area contributed by atoms with Crippen LogP contribution in [0.5, 0.6) is 11.5 Å². The Morgan fingerprint density at radius 2 is 1.82 bits per heavy atom. The van der Waals surface area contributed by atoms with E-state index in [2.05, 4.69) is 38.3 Å². The first kappa shape index (κ1) is 24.6. The molecular weight excluding hydrogens is 432 g/mol. The average Bonchev–Trinajstić information content (AvgIpc) is 2.66. The Bertz CT molecular complexity index is 1180. The molecule has 2 aliphatic heterocycles. The summed E-state index contributed by atoms with van der Waals surface area (Å²) in [5.41, 5.74) is 1.53. The Morgan fingerprint density at radius 3 is 2.44 bits per heavy atom. The van der Waals surface area contributed by atoms with E-state index in [1.807, 2.05) is 26.8 Å². The van der Waals surface area contributed by atoms with E-state index < -0.39 is 5.63 Å².